The Balaban J connectivity index is 1.49. The fourth-order valence-corrected chi connectivity index (χ4v) is 3.64. The number of nitrogens with zero attached hydrogens (tertiary/aromatic N) is 2. The van der Waals surface area contributed by atoms with Crippen LogP contribution in [0.25, 0.3) is 10.9 Å². The number of methoxy groups -OCH3 is 1. The second-order valence-electron chi connectivity index (χ2n) is 7.42. The van der Waals surface area contributed by atoms with Crippen molar-refractivity contribution in [3.8, 4) is 17.4 Å². The number of fused-ring (bicyclic) bond motifs is 1. The normalized spacial score (nSPS) is 11.4. The molecule has 0 aliphatic rings. The van der Waals surface area contributed by atoms with Gasteiger partial charge in [0.05, 0.1) is 42.3 Å². The molecule has 2 aromatic carbocycles. The van der Waals surface area contributed by atoms with Gasteiger partial charge in [0.1, 0.15) is 25.6 Å². The molecule has 35 heavy (non-hydrogen) atoms. The van der Waals surface area contributed by atoms with E-state index < -0.39 is 10.1 Å². The van der Waals surface area contributed by atoms with E-state index in [1.807, 2.05) is 0 Å². The van der Waals surface area contributed by atoms with E-state index in [0.717, 1.165) is 6.26 Å². The number of hydrogen-bond donors (Lipinski definition) is 2. The Morgan fingerprint density at radius 3 is 2.69 bits per heavy atom. The Morgan fingerprint density at radius 2 is 1.91 bits per heavy atom. The summed E-state index contributed by atoms with van der Waals surface area (Å²) in [5, 5.41) is 10.9. The second-order valence-corrected chi connectivity index (χ2v) is 9.07. The molecule has 0 unspecified atom stereocenters. The third-order valence-corrected chi connectivity index (χ3v) is 5.38. The summed E-state index contributed by atoms with van der Waals surface area (Å²) < 4.78 is 57.2. The highest BCUT2D eigenvalue weighted by molar-refractivity contribution is 7.85. The molecule has 10 nitrogen and oxygen atoms in total. The molecule has 0 atom stereocenters. The first kappa shape index (κ1) is 24.2. The lowest BCUT2D eigenvalue weighted by Crippen LogP contribution is -2.11. The molecular weight excluding hydrogens is 479 g/mol. The standard InChI is InChI=1S/C23H23FN4O6S/c1-31-21-11-17(6-7-20(21)33-14-15-4-3-5-16(24)10-15)26-18-12-25-13-19-22(18)23(28-27-19)32-8-9-34-35(2,29)30/h3-7,10-13,26H,8-9,14H2,1-2H3,(H,27,28). The molecule has 4 rings (SSSR count). The first-order valence-corrected chi connectivity index (χ1v) is 12.3. The van der Waals surface area contributed by atoms with E-state index in [1.54, 1.807) is 42.7 Å². The summed E-state index contributed by atoms with van der Waals surface area (Å²) in [6, 6.07) is 11.5. The van der Waals surface area contributed by atoms with E-state index in [1.165, 1.54) is 19.2 Å². The smallest absolute Gasteiger partial charge is 0.264 e. The van der Waals surface area contributed by atoms with Crippen molar-refractivity contribution >= 4 is 32.4 Å². The summed E-state index contributed by atoms with van der Waals surface area (Å²) in [6.07, 6.45) is 4.17. The van der Waals surface area contributed by atoms with Crippen LogP contribution >= 0.6 is 0 Å². The highest BCUT2D eigenvalue weighted by Crippen LogP contribution is 2.35. The van der Waals surface area contributed by atoms with Gasteiger partial charge in [0.25, 0.3) is 10.1 Å². The van der Waals surface area contributed by atoms with E-state index >= 15 is 0 Å². The Labute approximate surface area is 201 Å². The Bertz CT molecular complexity index is 1430. The molecule has 0 saturated heterocycles. The summed E-state index contributed by atoms with van der Waals surface area (Å²) in [5.74, 6) is 0.917. The molecule has 0 aliphatic carbocycles. The number of aromatic nitrogens is 3. The maximum Gasteiger partial charge on any atom is 0.264 e. The molecule has 0 saturated carbocycles. The minimum atomic E-state index is -3.56. The van der Waals surface area contributed by atoms with Gasteiger partial charge in [0, 0.05) is 11.8 Å². The van der Waals surface area contributed by atoms with Crippen LogP contribution in [0.1, 0.15) is 5.56 Å². The van der Waals surface area contributed by atoms with Crippen LogP contribution in [0.15, 0.2) is 54.9 Å². The van der Waals surface area contributed by atoms with E-state index in [0.29, 0.717) is 39.3 Å². The average Bonchev–Trinajstić information content (AvgIpc) is 3.24. The van der Waals surface area contributed by atoms with Gasteiger partial charge < -0.3 is 19.5 Å². The maximum absolute atomic E-state index is 13.4. The molecule has 0 aliphatic heterocycles. The predicted molar refractivity (Wildman–Crippen MR) is 127 cm³/mol. The average molecular weight is 503 g/mol. The van der Waals surface area contributed by atoms with Crippen molar-refractivity contribution in [1.29, 1.82) is 0 Å². The fraction of sp³-hybridized carbons (Fsp3) is 0.217. The molecule has 0 bridgehead atoms. The van der Waals surface area contributed by atoms with Crippen molar-refractivity contribution in [2.45, 2.75) is 6.61 Å². The quantitative estimate of drug-likeness (QED) is 0.233. The zero-order valence-corrected chi connectivity index (χ0v) is 19.8. The van der Waals surface area contributed by atoms with E-state index in [2.05, 4.69) is 20.5 Å². The molecule has 12 heteroatoms. The number of benzene rings is 2. The lowest BCUT2D eigenvalue weighted by atomic mass is 10.2. The van der Waals surface area contributed by atoms with E-state index in [4.69, 9.17) is 18.4 Å². The van der Waals surface area contributed by atoms with Gasteiger partial charge in [-0.05, 0) is 29.8 Å². The number of halogens is 1. The van der Waals surface area contributed by atoms with Gasteiger partial charge in [-0.25, -0.2) is 4.39 Å². The van der Waals surface area contributed by atoms with Gasteiger partial charge >= 0.3 is 0 Å². The summed E-state index contributed by atoms with van der Waals surface area (Å²) in [7, 11) is -2.03. The van der Waals surface area contributed by atoms with Gasteiger partial charge in [0.2, 0.25) is 5.88 Å². The fourth-order valence-electron chi connectivity index (χ4n) is 3.27. The van der Waals surface area contributed by atoms with Crippen molar-refractivity contribution < 1.29 is 31.2 Å². The monoisotopic (exact) mass is 502 g/mol. The number of hydrogen-bond acceptors (Lipinski definition) is 9. The van der Waals surface area contributed by atoms with Crippen molar-refractivity contribution in [1.82, 2.24) is 15.2 Å². The summed E-state index contributed by atoms with van der Waals surface area (Å²) >= 11 is 0. The molecule has 0 fully saturated rings. The van der Waals surface area contributed by atoms with Gasteiger partial charge in [-0.3, -0.25) is 14.3 Å². The second kappa shape index (κ2) is 10.6. The summed E-state index contributed by atoms with van der Waals surface area (Å²) in [5.41, 5.74) is 2.60. The first-order valence-electron chi connectivity index (χ1n) is 10.4. The van der Waals surface area contributed by atoms with Gasteiger partial charge in [-0.15, -0.1) is 5.10 Å². The number of H-pyrrole nitrogens is 1. The van der Waals surface area contributed by atoms with Gasteiger partial charge in [-0.1, -0.05) is 12.1 Å². The topological polar surface area (TPSA) is 125 Å². The molecule has 0 spiro atoms. The molecule has 2 heterocycles. The van der Waals surface area contributed by atoms with Crippen LogP contribution in [0.2, 0.25) is 0 Å². The number of anilines is 2. The predicted octanol–water partition coefficient (Wildman–Crippen LogP) is 3.78. The minimum absolute atomic E-state index is 0.0139. The third-order valence-electron chi connectivity index (χ3n) is 4.78. The number of aromatic amines is 1. The Hall–Kier alpha value is -3.90. The van der Waals surface area contributed by atoms with Crippen LogP contribution in [0.4, 0.5) is 15.8 Å². The van der Waals surface area contributed by atoms with E-state index in [9.17, 15) is 12.8 Å². The van der Waals surface area contributed by atoms with Crippen LogP contribution in [-0.2, 0) is 20.9 Å². The van der Waals surface area contributed by atoms with Gasteiger partial charge in [-0.2, -0.15) is 8.42 Å². The van der Waals surface area contributed by atoms with Gasteiger partial charge in [0.15, 0.2) is 11.5 Å². The zero-order chi connectivity index (χ0) is 24.8. The summed E-state index contributed by atoms with van der Waals surface area (Å²) in [6.45, 7) is 0.0260. The van der Waals surface area contributed by atoms with Crippen LogP contribution in [-0.4, -0.2) is 50.2 Å². The van der Waals surface area contributed by atoms with Crippen molar-refractivity contribution in [2.75, 3.05) is 31.9 Å². The third kappa shape index (κ3) is 6.37. The minimum Gasteiger partial charge on any atom is -0.493 e. The van der Waals surface area contributed by atoms with Crippen LogP contribution in [0.5, 0.6) is 17.4 Å². The van der Waals surface area contributed by atoms with Crippen LogP contribution in [0, 0.1) is 5.82 Å². The molecule has 0 radical (unpaired) electrons. The van der Waals surface area contributed by atoms with E-state index in [-0.39, 0.29) is 31.5 Å². The van der Waals surface area contributed by atoms with Crippen LogP contribution < -0.4 is 19.5 Å². The van der Waals surface area contributed by atoms with Crippen molar-refractivity contribution in [2.24, 2.45) is 0 Å². The molecule has 184 valence electrons. The maximum atomic E-state index is 13.4. The van der Waals surface area contributed by atoms with Crippen LogP contribution in [0.3, 0.4) is 0 Å². The molecule has 4 aromatic rings. The number of pyridine rings is 1. The highest BCUT2D eigenvalue weighted by atomic mass is 32.2. The number of ether oxygens (including phenoxy) is 3. The molecular formula is C23H23FN4O6S. The first-order chi connectivity index (χ1) is 16.8. The zero-order valence-electron chi connectivity index (χ0n) is 18.9. The SMILES string of the molecule is COc1cc(Nc2cncc3[nH]nc(OCCOS(C)(=O)=O)c23)ccc1OCc1cccc(F)c1. The van der Waals surface area contributed by atoms with Crippen molar-refractivity contribution in [3.63, 3.8) is 0 Å². The molecule has 2 N–H and O–H groups in total. The highest BCUT2D eigenvalue weighted by Gasteiger charge is 2.14. The number of nitrogens with one attached hydrogen (secondary N) is 2. The molecule has 2 aromatic heterocycles. The molecule has 0 amide bonds. The number of rotatable bonds is 11. The summed E-state index contributed by atoms with van der Waals surface area (Å²) in [4.78, 5) is 4.20. The Morgan fingerprint density at radius 1 is 1.06 bits per heavy atom. The largest absolute Gasteiger partial charge is 0.493 e. The Kier molecular flexibility index (Phi) is 7.32. The lowest BCUT2D eigenvalue weighted by molar-refractivity contribution is 0.218. The lowest BCUT2D eigenvalue weighted by Gasteiger charge is -2.14. The van der Waals surface area contributed by atoms with Crippen molar-refractivity contribution in [3.05, 3.63) is 66.2 Å².